The summed E-state index contributed by atoms with van der Waals surface area (Å²) < 4.78 is 39.9. The molecule has 0 bridgehead atoms. The van der Waals surface area contributed by atoms with Gasteiger partial charge in [-0.05, 0) is 18.4 Å². The first kappa shape index (κ1) is 14.0. The van der Waals surface area contributed by atoms with E-state index in [-0.39, 0.29) is 12.6 Å². The highest BCUT2D eigenvalue weighted by Gasteiger charge is 2.27. The summed E-state index contributed by atoms with van der Waals surface area (Å²) in [6.45, 7) is -1.29. The fourth-order valence-corrected chi connectivity index (χ4v) is 1.41. The van der Waals surface area contributed by atoms with Crippen molar-refractivity contribution in [3.8, 4) is 0 Å². The average molecular weight is 247 g/mol. The van der Waals surface area contributed by atoms with Crippen molar-refractivity contribution in [1.82, 2.24) is 0 Å². The normalized spacial score (nSPS) is 13.6. The van der Waals surface area contributed by atoms with Crippen LogP contribution in [-0.2, 0) is 11.2 Å². The highest BCUT2D eigenvalue weighted by atomic mass is 19.4. The van der Waals surface area contributed by atoms with Crippen molar-refractivity contribution in [2.45, 2.75) is 25.1 Å². The van der Waals surface area contributed by atoms with Crippen LogP contribution >= 0.6 is 0 Å². The number of aryl methyl sites for hydroxylation is 1. The van der Waals surface area contributed by atoms with Gasteiger partial charge < -0.3 is 10.5 Å². The van der Waals surface area contributed by atoms with Gasteiger partial charge in [0.2, 0.25) is 0 Å². The second-order valence-electron chi connectivity index (χ2n) is 3.91. The first-order valence-electron chi connectivity index (χ1n) is 5.41. The van der Waals surface area contributed by atoms with Crippen molar-refractivity contribution in [3.05, 3.63) is 35.9 Å². The van der Waals surface area contributed by atoms with E-state index in [9.17, 15) is 13.2 Å². The van der Waals surface area contributed by atoms with Crippen molar-refractivity contribution in [2.75, 3.05) is 13.2 Å². The fourth-order valence-electron chi connectivity index (χ4n) is 1.41. The molecule has 2 N–H and O–H groups in total. The highest BCUT2D eigenvalue weighted by molar-refractivity contribution is 5.14. The Bertz CT molecular complexity index is 313. The predicted octanol–water partition coefficient (Wildman–Crippen LogP) is 2.53. The predicted molar refractivity (Wildman–Crippen MR) is 59.6 cm³/mol. The molecule has 96 valence electrons. The Labute approximate surface area is 98.6 Å². The molecule has 0 radical (unpaired) electrons. The lowest BCUT2D eigenvalue weighted by atomic mass is 10.1. The van der Waals surface area contributed by atoms with E-state index >= 15 is 0 Å². The molecule has 0 spiro atoms. The Kier molecular flexibility index (Phi) is 5.44. The largest absolute Gasteiger partial charge is 0.411 e. The van der Waals surface area contributed by atoms with Crippen LogP contribution in [0.5, 0.6) is 0 Å². The highest BCUT2D eigenvalue weighted by Crippen LogP contribution is 2.14. The van der Waals surface area contributed by atoms with E-state index < -0.39 is 12.8 Å². The maximum absolute atomic E-state index is 11.8. The van der Waals surface area contributed by atoms with Crippen LogP contribution in [0, 0.1) is 0 Å². The maximum Gasteiger partial charge on any atom is 0.411 e. The van der Waals surface area contributed by atoms with Gasteiger partial charge in [0.25, 0.3) is 0 Å². The van der Waals surface area contributed by atoms with E-state index in [1.165, 1.54) is 0 Å². The van der Waals surface area contributed by atoms with Gasteiger partial charge >= 0.3 is 6.18 Å². The molecule has 1 atom stereocenters. The van der Waals surface area contributed by atoms with Gasteiger partial charge in [0.15, 0.2) is 0 Å². The van der Waals surface area contributed by atoms with E-state index in [1.807, 2.05) is 30.3 Å². The van der Waals surface area contributed by atoms with Crippen LogP contribution in [-0.4, -0.2) is 25.4 Å². The molecule has 0 heterocycles. The zero-order valence-electron chi connectivity index (χ0n) is 9.41. The molecular formula is C12H16F3NO. The van der Waals surface area contributed by atoms with Crippen LogP contribution in [0.4, 0.5) is 13.2 Å². The van der Waals surface area contributed by atoms with Crippen LogP contribution < -0.4 is 5.73 Å². The van der Waals surface area contributed by atoms with E-state index in [1.54, 1.807) is 0 Å². The summed E-state index contributed by atoms with van der Waals surface area (Å²) in [7, 11) is 0. The molecule has 0 aliphatic rings. The molecular weight excluding hydrogens is 231 g/mol. The first-order chi connectivity index (χ1) is 7.97. The third kappa shape index (κ3) is 6.97. The van der Waals surface area contributed by atoms with Crippen LogP contribution in [0.1, 0.15) is 12.0 Å². The number of hydrogen-bond acceptors (Lipinski definition) is 2. The third-order valence-electron chi connectivity index (χ3n) is 2.24. The molecule has 1 aromatic rings. The molecule has 17 heavy (non-hydrogen) atoms. The molecule has 0 saturated heterocycles. The molecule has 5 heteroatoms. The van der Waals surface area contributed by atoms with Crippen LogP contribution in [0.3, 0.4) is 0 Å². The van der Waals surface area contributed by atoms with Crippen molar-refractivity contribution >= 4 is 0 Å². The van der Waals surface area contributed by atoms with Gasteiger partial charge in [0.1, 0.15) is 6.61 Å². The second-order valence-corrected chi connectivity index (χ2v) is 3.91. The number of hydrogen-bond donors (Lipinski definition) is 1. The molecule has 0 aliphatic heterocycles. The van der Waals surface area contributed by atoms with Gasteiger partial charge in [-0.15, -0.1) is 0 Å². The molecule has 0 aliphatic carbocycles. The molecule has 0 fully saturated rings. The van der Waals surface area contributed by atoms with Gasteiger partial charge in [-0.2, -0.15) is 13.2 Å². The average Bonchev–Trinajstić information content (AvgIpc) is 2.26. The summed E-state index contributed by atoms with van der Waals surface area (Å²) in [6.07, 6.45) is -2.92. The number of alkyl halides is 3. The summed E-state index contributed by atoms with van der Waals surface area (Å²) >= 11 is 0. The van der Waals surface area contributed by atoms with E-state index in [4.69, 9.17) is 5.73 Å². The van der Waals surface area contributed by atoms with Gasteiger partial charge in [-0.3, -0.25) is 0 Å². The van der Waals surface area contributed by atoms with Gasteiger partial charge in [-0.25, -0.2) is 0 Å². The lowest BCUT2D eigenvalue weighted by Gasteiger charge is -2.13. The van der Waals surface area contributed by atoms with Crippen LogP contribution in [0.2, 0.25) is 0 Å². The van der Waals surface area contributed by atoms with E-state index in [0.29, 0.717) is 6.42 Å². The van der Waals surface area contributed by atoms with Gasteiger partial charge in [-0.1, -0.05) is 30.3 Å². The maximum atomic E-state index is 11.8. The van der Waals surface area contributed by atoms with Crippen LogP contribution in [0.25, 0.3) is 0 Å². The van der Waals surface area contributed by atoms with E-state index in [2.05, 4.69) is 4.74 Å². The summed E-state index contributed by atoms with van der Waals surface area (Å²) in [6, 6.07) is 9.31. The monoisotopic (exact) mass is 247 g/mol. The lowest BCUT2D eigenvalue weighted by molar-refractivity contribution is -0.174. The first-order valence-corrected chi connectivity index (χ1v) is 5.41. The Morgan fingerprint density at radius 3 is 2.41 bits per heavy atom. The molecule has 2 nitrogen and oxygen atoms in total. The molecule has 1 aromatic carbocycles. The summed E-state index contributed by atoms with van der Waals surface area (Å²) in [5.41, 5.74) is 6.78. The summed E-state index contributed by atoms with van der Waals surface area (Å²) in [4.78, 5) is 0. The zero-order valence-corrected chi connectivity index (χ0v) is 9.41. The zero-order chi connectivity index (χ0) is 12.7. The number of rotatable bonds is 6. The number of halogens is 3. The van der Waals surface area contributed by atoms with Crippen molar-refractivity contribution in [1.29, 1.82) is 0 Å². The molecule has 0 saturated carbocycles. The van der Waals surface area contributed by atoms with Crippen molar-refractivity contribution in [3.63, 3.8) is 0 Å². The Hall–Kier alpha value is -1.07. The fraction of sp³-hybridized carbons (Fsp3) is 0.500. The molecule has 0 aromatic heterocycles. The second kappa shape index (κ2) is 6.61. The summed E-state index contributed by atoms with van der Waals surface area (Å²) in [5, 5.41) is 0. The molecule has 0 amide bonds. The molecule has 1 unspecified atom stereocenters. The minimum atomic E-state index is -4.28. The molecule has 1 rings (SSSR count). The summed E-state index contributed by atoms with van der Waals surface area (Å²) in [5.74, 6) is 0. The standard InChI is InChI=1S/C12H16F3NO/c13-12(14,15)9-17-8-11(16)7-6-10-4-2-1-3-5-10/h1-5,11H,6-9,16H2. The van der Waals surface area contributed by atoms with Gasteiger partial charge in [0, 0.05) is 6.04 Å². The Balaban J connectivity index is 2.15. The smallest absolute Gasteiger partial charge is 0.370 e. The van der Waals surface area contributed by atoms with Gasteiger partial charge in [0.05, 0.1) is 6.61 Å². The van der Waals surface area contributed by atoms with Crippen LogP contribution in [0.15, 0.2) is 30.3 Å². The number of nitrogens with two attached hydrogens (primary N) is 1. The Morgan fingerprint density at radius 2 is 1.82 bits per heavy atom. The topological polar surface area (TPSA) is 35.2 Å². The SMILES string of the molecule is NC(CCc1ccccc1)COCC(F)(F)F. The Morgan fingerprint density at radius 1 is 1.18 bits per heavy atom. The third-order valence-corrected chi connectivity index (χ3v) is 2.24. The van der Waals surface area contributed by atoms with Crippen molar-refractivity contribution in [2.24, 2.45) is 5.73 Å². The number of ether oxygens (including phenoxy) is 1. The van der Waals surface area contributed by atoms with E-state index in [0.717, 1.165) is 12.0 Å². The number of benzene rings is 1. The quantitative estimate of drug-likeness (QED) is 0.838. The minimum Gasteiger partial charge on any atom is -0.370 e. The lowest BCUT2D eigenvalue weighted by Crippen LogP contribution is -2.29. The minimum absolute atomic E-state index is 0.0632. The van der Waals surface area contributed by atoms with Crippen molar-refractivity contribution < 1.29 is 17.9 Å².